The predicted octanol–water partition coefficient (Wildman–Crippen LogP) is 6.07. The van der Waals surface area contributed by atoms with Gasteiger partial charge in [-0.2, -0.15) is 13.2 Å². The maximum absolute atomic E-state index is 13.4. The lowest BCUT2D eigenvalue weighted by molar-refractivity contribution is -0.139. The molecule has 0 aromatic heterocycles. The summed E-state index contributed by atoms with van der Waals surface area (Å²) < 4.78 is 53.3. The van der Waals surface area contributed by atoms with Crippen LogP contribution in [0.5, 0.6) is 0 Å². The van der Waals surface area contributed by atoms with Crippen LogP contribution in [0.15, 0.2) is 36.4 Å². The first-order valence-corrected chi connectivity index (χ1v) is 11.3. The highest BCUT2D eigenvalue weighted by Gasteiger charge is 2.47. The zero-order chi connectivity index (χ0) is 24.0. The smallest absolute Gasteiger partial charge is 0.342 e. The molecule has 0 bridgehead atoms. The van der Waals surface area contributed by atoms with Crippen molar-refractivity contribution >= 4 is 23.3 Å². The second-order valence-corrected chi connectivity index (χ2v) is 9.56. The van der Waals surface area contributed by atoms with Crippen LogP contribution >= 0.6 is 11.6 Å². The van der Waals surface area contributed by atoms with E-state index < -0.39 is 29.9 Å². The number of hydrogen-bond acceptors (Lipinski definition) is 2. The van der Waals surface area contributed by atoms with Crippen LogP contribution in [0, 0.1) is 5.82 Å². The zero-order valence-corrected chi connectivity index (χ0v) is 18.9. The Hall–Kier alpha value is -2.41. The van der Waals surface area contributed by atoms with E-state index in [9.17, 15) is 27.2 Å². The van der Waals surface area contributed by atoms with Gasteiger partial charge in [0.2, 0.25) is 5.91 Å². The minimum atomic E-state index is -4.74. The third kappa shape index (κ3) is 4.65. The molecule has 1 aliphatic heterocycles. The fraction of sp³-hybridized carbons (Fsp3) is 0.440. The summed E-state index contributed by atoms with van der Waals surface area (Å²) in [6.07, 6.45) is -2.72. The van der Waals surface area contributed by atoms with Crippen LogP contribution in [-0.4, -0.2) is 29.7 Å². The molecule has 0 saturated carbocycles. The second-order valence-electron chi connectivity index (χ2n) is 9.15. The summed E-state index contributed by atoms with van der Waals surface area (Å²) in [6, 6.07) is 8.13. The number of amides is 1. The van der Waals surface area contributed by atoms with Gasteiger partial charge in [-0.3, -0.25) is 4.79 Å². The van der Waals surface area contributed by atoms with Gasteiger partial charge in [0.15, 0.2) is 0 Å². The molecule has 176 valence electrons. The topological polar surface area (TPSA) is 37.4 Å². The normalized spacial score (nSPS) is 19.6. The van der Waals surface area contributed by atoms with Crippen LogP contribution in [0.3, 0.4) is 0 Å². The average Bonchev–Trinajstić information content (AvgIpc) is 3.02. The molecule has 3 nitrogen and oxygen atoms in total. The van der Waals surface area contributed by atoms with Gasteiger partial charge in [0.25, 0.3) is 0 Å². The van der Waals surface area contributed by atoms with Crippen LogP contribution < -0.4 is 0 Å². The zero-order valence-electron chi connectivity index (χ0n) is 18.1. The van der Waals surface area contributed by atoms with Crippen molar-refractivity contribution in [1.29, 1.82) is 0 Å². The standard InChI is InChI=1S/C25H24ClF4NO2/c1-15(32)11-17-14-24(23-19(17)3-2-4-21(23)26)7-9-31(10-8-24)22(33)12-16-5-6-18(27)13-20(16)25(28,29)30/h2-6,13,17H,7-12,14H2,1H3. The van der Waals surface area contributed by atoms with Crippen molar-refractivity contribution in [3.05, 3.63) is 69.5 Å². The van der Waals surface area contributed by atoms with Gasteiger partial charge in [0, 0.05) is 29.9 Å². The number of halogens is 5. The number of ketones is 1. The van der Waals surface area contributed by atoms with Crippen molar-refractivity contribution in [2.24, 2.45) is 0 Å². The predicted molar refractivity (Wildman–Crippen MR) is 117 cm³/mol. The number of rotatable bonds is 4. The largest absolute Gasteiger partial charge is 0.416 e. The molecule has 4 rings (SSSR count). The highest BCUT2D eigenvalue weighted by Crippen LogP contribution is 2.55. The molecule has 1 atom stereocenters. The lowest BCUT2D eigenvalue weighted by Crippen LogP contribution is -2.45. The van der Waals surface area contributed by atoms with E-state index in [1.807, 2.05) is 18.2 Å². The first-order valence-electron chi connectivity index (χ1n) is 10.9. The SMILES string of the molecule is CC(=O)CC1CC2(CCN(C(=O)Cc3ccc(F)cc3C(F)(F)F)CC2)c2c(Cl)cccc21. The summed E-state index contributed by atoms with van der Waals surface area (Å²) in [4.78, 5) is 26.2. The molecule has 2 aliphatic rings. The van der Waals surface area contributed by atoms with Crippen molar-refractivity contribution in [3.63, 3.8) is 0 Å². The average molecular weight is 482 g/mol. The lowest BCUT2D eigenvalue weighted by Gasteiger charge is -2.41. The molecule has 2 aromatic rings. The third-order valence-electron chi connectivity index (χ3n) is 6.98. The molecular weight excluding hydrogens is 458 g/mol. The Labute approximate surface area is 194 Å². The van der Waals surface area contributed by atoms with Gasteiger partial charge in [0.05, 0.1) is 12.0 Å². The summed E-state index contributed by atoms with van der Waals surface area (Å²) in [5.41, 5.74) is 0.525. The summed E-state index contributed by atoms with van der Waals surface area (Å²) in [5, 5.41) is 0.652. The van der Waals surface area contributed by atoms with E-state index in [-0.39, 0.29) is 22.7 Å². The number of piperidine rings is 1. The van der Waals surface area contributed by atoms with Crippen molar-refractivity contribution in [3.8, 4) is 0 Å². The van der Waals surface area contributed by atoms with Gasteiger partial charge in [-0.25, -0.2) is 4.39 Å². The summed E-state index contributed by atoms with van der Waals surface area (Å²) in [5.74, 6) is -1.22. The molecule has 0 radical (unpaired) electrons. The number of benzene rings is 2. The number of Topliss-reactive ketones (excluding diaryl/α,β-unsaturated/α-hetero) is 1. The number of carbonyl (C=O) groups is 2. The molecule has 1 spiro atoms. The Morgan fingerprint density at radius 2 is 1.85 bits per heavy atom. The number of nitrogens with zero attached hydrogens (tertiary/aromatic N) is 1. The van der Waals surface area contributed by atoms with Crippen molar-refractivity contribution in [2.45, 2.75) is 56.5 Å². The number of alkyl halides is 3. The van der Waals surface area contributed by atoms with E-state index in [1.165, 1.54) is 0 Å². The maximum atomic E-state index is 13.4. The minimum Gasteiger partial charge on any atom is -0.342 e. The highest BCUT2D eigenvalue weighted by atomic mass is 35.5. The van der Waals surface area contributed by atoms with Crippen LogP contribution in [-0.2, 0) is 27.6 Å². The molecule has 1 fully saturated rings. The molecule has 33 heavy (non-hydrogen) atoms. The van der Waals surface area contributed by atoms with Gasteiger partial charge in [-0.05, 0) is 67.0 Å². The van der Waals surface area contributed by atoms with E-state index >= 15 is 0 Å². The number of carbonyl (C=O) groups excluding carboxylic acids is 2. The van der Waals surface area contributed by atoms with E-state index in [2.05, 4.69) is 0 Å². The van der Waals surface area contributed by atoms with Crippen molar-refractivity contribution in [1.82, 2.24) is 4.90 Å². The first kappa shape index (κ1) is 23.7. The van der Waals surface area contributed by atoms with Crippen molar-refractivity contribution in [2.75, 3.05) is 13.1 Å². The van der Waals surface area contributed by atoms with Crippen LogP contribution in [0.25, 0.3) is 0 Å². The molecular formula is C25H24ClF4NO2. The summed E-state index contributed by atoms with van der Waals surface area (Å²) in [6.45, 7) is 2.35. The number of fused-ring (bicyclic) bond motifs is 2. The Bertz CT molecular complexity index is 1090. The van der Waals surface area contributed by atoms with Gasteiger partial charge in [0.1, 0.15) is 11.6 Å². The molecule has 1 saturated heterocycles. The van der Waals surface area contributed by atoms with Gasteiger partial charge in [-0.15, -0.1) is 0 Å². The van der Waals surface area contributed by atoms with Gasteiger partial charge in [-0.1, -0.05) is 29.8 Å². The van der Waals surface area contributed by atoms with Crippen LogP contribution in [0.4, 0.5) is 17.6 Å². The van der Waals surface area contributed by atoms with Crippen LogP contribution in [0.2, 0.25) is 5.02 Å². The molecule has 0 N–H and O–H groups in total. The molecule has 1 amide bonds. The summed E-state index contributed by atoms with van der Waals surface area (Å²) >= 11 is 6.57. The van der Waals surface area contributed by atoms with E-state index in [0.29, 0.717) is 43.4 Å². The van der Waals surface area contributed by atoms with Crippen LogP contribution in [0.1, 0.15) is 60.8 Å². The summed E-state index contributed by atoms with van der Waals surface area (Å²) in [7, 11) is 0. The molecule has 2 aromatic carbocycles. The maximum Gasteiger partial charge on any atom is 0.416 e. The lowest BCUT2D eigenvalue weighted by atomic mass is 9.73. The van der Waals surface area contributed by atoms with Crippen molar-refractivity contribution < 1.29 is 27.2 Å². The van der Waals surface area contributed by atoms with E-state index in [0.717, 1.165) is 29.7 Å². The molecule has 1 heterocycles. The fourth-order valence-corrected chi connectivity index (χ4v) is 5.92. The fourth-order valence-electron chi connectivity index (χ4n) is 5.53. The quantitative estimate of drug-likeness (QED) is 0.497. The second kappa shape index (κ2) is 8.75. The van der Waals surface area contributed by atoms with E-state index in [4.69, 9.17) is 11.6 Å². The molecule has 8 heteroatoms. The Morgan fingerprint density at radius 3 is 2.48 bits per heavy atom. The Morgan fingerprint density at radius 1 is 1.15 bits per heavy atom. The third-order valence-corrected chi connectivity index (χ3v) is 7.29. The molecule has 1 unspecified atom stereocenters. The Kier molecular flexibility index (Phi) is 6.29. The number of likely N-dealkylation sites (tertiary alicyclic amines) is 1. The monoisotopic (exact) mass is 481 g/mol. The minimum absolute atomic E-state index is 0.0759. The van der Waals surface area contributed by atoms with Gasteiger partial charge < -0.3 is 9.69 Å². The molecule has 1 aliphatic carbocycles. The van der Waals surface area contributed by atoms with Gasteiger partial charge >= 0.3 is 6.18 Å². The Balaban J connectivity index is 1.51. The highest BCUT2D eigenvalue weighted by molar-refractivity contribution is 6.31. The number of hydrogen-bond donors (Lipinski definition) is 0. The van der Waals surface area contributed by atoms with E-state index in [1.54, 1.807) is 11.8 Å². The first-order chi connectivity index (χ1) is 15.5.